The lowest BCUT2D eigenvalue weighted by Crippen LogP contribution is -2.30. The number of carbonyl (C=O) groups excluding carboxylic acids is 1. The molecule has 1 saturated carbocycles. The minimum atomic E-state index is -0.315. The van der Waals surface area contributed by atoms with Gasteiger partial charge in [-0.1, -0.05) is 37.1 Å². The maximum Gasteiger partial charge on any atom is 0.143 e. The van der Waals surface area contributed by atoms with Crippen LogP contribution in [0.15, 0.2) is 79.1 Å². The quantitative estimate of drug-likeness (QED) is 0.155. The number of rotatable bonds is 12. The first-order chi connectivity index (χ1) is 21.4. The molecule has 0 saturated heterocycles. The van der Waals surface area contributed by atoms with Crippen LogP contribution in [0.1, 0.15) is 67.5 Å². The maximum atomic E-state index is 13.4. The summed E-state index contributed by atoms with van der Waals surface area (Å²) in [5.74, 6) is 2.12. The second-order valence-electron chi connectivity index (χ2n) is 12.1. The van der Waals surface area contributed by atoms with Crippen molar-refractivity contribution in [2.45, 2.75) is 63.9 Å². The van der Waals surface area contributed by atoms with E-state index < -0.39 is 0 Å². The summed E-state index contributed by atoms with van der Waals surface area (Å²) in [7, 11) is 1.97. The Hall–Kier alpha value is -4.26. The molecule has 2 aliphatic rings. The fourth-order valence-electron chi connectivity index (χ4n) is 6.63. The fraction of sp³-hybridized carbons (Fsp3) is 0.351. The summed E-state index contributed by atoms with van der Waals surface area (Å²) in [6.07, 6.45) is 13.0. The van der Waals surface area contributed by atoms with Gasteiger partial charge in [0.25, 0.3) is 0 Å². The van der Waals surface area contributed by atoms with Crippen molar-refractivity contribution in [1.29, 1.82) is 0 Å². The van der Waals surface area contributed by atoms with Gasteiger partial charge in [0, 0.05) is 42.4 Å². The normalized spacial score (nSPS) is 17.1. The number of imidazole rings is 1. The number of hydrogen-bond acceptors (Lipinski definition) is 4. The number of fused-ring (bicyclic) bond motifs is 1. The highest BCUT2D eigenvalue weighted by Gasteiger charge is 2.39. The van der Waals surface area contributed by atoms with Crippen LogP contribution in [0.5, 0.6) is 11.5 Å². The van der Waals surface area contributed by atoms with E-state index in [2.05, 4.69) is 11.1 Å². The van der Waals surface area contributed by atoms with Gasteiger partial charge in [-0.15, -0.1) is 0 Å². The molecule has 7 heteroatoms. The van der Waals surface area contributed by atoms with E-state index >= 15 is 0 Å². The molecule has 6 rings (SSSR count). The lowest BCUT2D eigenvalue weighted by molar-refractivity contribution is -0.128. The van der Waals surface area contributed by atoms with Gasteiger partial charge in [0.15, 0.2) is 0 Å². The number of Topliss-reactive ketones (excluding diaryl/α,β-unsaturated/α-hetero) is 1. The van der Waals surface area contributed by atoms with Gasteiger partial charge in [-0.05, 0) is 98.2 Å². The van der Waals surface area contributed by atoms with Crippen LogP contribution < -0.4 is 9.47 Å². The van der Waals surface area contributed by atoms with Crippen molar-refractivity contribution in [3.8, 4) is 11.5 Å². The third-order valence-electron chi connectivity index (χ3n) is 9.09. The average molecular weight is 597 g/mol. The molecular formula is C37H38F2N2O3. The number of ketones is 1. The zero-order chi connectivity index (χ0) is 30.5. The van der Waals surface area contributed by atoms with Crippen LogP contribution in [0.3, 0.4) is 0 Å². The molecule has 1 aromatic heterocycles. The third kappa shape index (κ3) is 6.77. The highest BCUT2D eigenvalue weighted by atomic mass is 19.1. The zero-order valence-corrected chi connectivity index (χ0v) is 25.1. The van der Waals surface area contributed by atoms with Crippen LogP contribution >= 0.6 is 0 Å². The summed E-state index contributed by atoms with van der Waals surface area (Å²) in [4.78, 5) is 18.0. The van der Waals surface area contributed by atoms with Gasteiger partial charge in [-0.2, -0.15) is 0 Å². The standard InChI is InChI=1S/C37H38F2N2O3/c1-41-21-20-40-36(41)32-25-28-24-31(14-16-33(28)44-34(32)15-9-26-5-10-29(38)11-6-26)43-22-4-19-37(17-2-3-18-37)35(42)23-27-7-12-30(39)13-8-27/h5-8,10-14,16,20-21,24-25,34H,2-4,9,15,17-19,22-23H2,1H3. The summed E-state index contributed by atoms with van der Waals surface area (Å²) < 4.78 is 41.4. The molecule has 3 aromatic carbocycles. The van der Waals surface area contributed by atoms with Crippen molar-refractivity contribution in [1.82, 2.24) is 9.55 Å². The first-order valence-corrected chi connectivity index (χ1v) is 15.5. The van der Waals surface area contributed by atoms with Gasteiger partial charge in [0.2, 0.25) is 0 Å². The maximum absolute atomic E-state index is 13.4. The monoisotopic (exact) mass is 596 g/mol. The van der Waals surface area contributed by atoms with E-state index in [0.29, 0.717) is 13.0 Å². The first kappa shape index (κ1) is 29.8. The van der Waals surface area contributed by atoms with Crippen LogP contribution in [0.2, 0.25) is 0 Å². The van der Waals surface area contributed by atoms with E-state index in [-0.39, 0.29) is 28.9 Å². The van der Waals surface area contributed by atoms with Crippen LogP contribution in [-0.4, -0.2) is 28.0 Å². The van der Waals surface area contributed by atoms with Crippen molar-refractivity contribution >= 4 is 17.4 Å². The van der Waals surface area contributed by atoms with Crippen LogP contribution in [-0.2, 0) is 24.7 Å². The highest BCUT2D eigenvalue weighted by Crippen LogP contribution is 2.44. The molecule has 0 N–H and O–H groups in total. The summed E-state index contributed by atoms with van der Waals surface area (Å²) in [6, 6.07) is 18.7. The summed E-state index contributed by atoms with van der Waals surface area (Å²) in [6.45, 7) is 0.515. The average Bonchev–Trinajstić information content (AvgIpc) is 3.69. The molecule has 228 valence electrons. The van der Waals surface area contributed by atoms with Gasteiger partial charge in [0.1, 0.15) is 40.8 Å². The molecule has 1 fully saturated rings. The Morgan fingerprint density at radius 3 is 2.39 bits per heavy atom. The van der Waals surface area contributed by atoms with Crippen LogP contribution in [0, 0.1) is 17.0 Å². The third-order valence-corrected chi connectivity index (χ3v) is 9.09. The molecule has 0 radical (unpaired) electrons. The van der Waals surface area contributed by atoms with Crippen molar-refractivity contribution in [2.75, 3.05) is 6.61 Å². The minimum Gasteiger partial charge on any atom is -0.494 e. The van der Waals surface area contributed by atoms with E-state index in [1.165, 1.54) is 24.3 Å². The molecule has 2 heterocycles. The van der Waals surface area contributed by atoms with Gasteiger partial charge < -0.3 is 14.0 Å². The van der Waals surface area contributed by atoms with E-state index in [0.717, 1.165) is 91.0 Å². The Morgan fingerprint density at radius 1 is 1.00 bits per heavy atom. The molecule has 1 aliphatic carbocycles. The molecule has 1 atom stereocenters. The van der Waals surface area contributed by atoms with Crippen LogP contribution in [0.4, 0.5) is 8.78 Å². The van der Waals surface area contributed by atoms with Crippen molar-refractivity contribution in [3.05, 3.63) is 113 Å². The molecule has 0 spiro atoms. The van der Waals surface area contributed by atoms with Gasteiger partial charge in [-0.25, -0.2) is 13.8 Å². The second-order valence-corrected chi connectivity index (χ2v) is 12.1. The molecule has 5 nitrogen and oxygen atoms in total. The van der Waals surface area contributed by atoms with Crippen molar-refractivity contribution in [3.63, 3.8) is 0 Å². The number of aromatic nitrogens is 2. The number of hydrogen-bond donors (Lipinski definition) is 0. The highest BCUT2D eigenvalue weighted by molar-refractivity contribution is 5.87. The van der Waals surface area contributed by atoms with Crippen LogP contribution in [0.25, 0.3) is 11.6 Å². The zero-order valence-electron chi connectivity index (χ0n) is 25.1. The topological polar surface area (TPSA) is 53.4 Å². The molecule has 0 amide bonds. The number of benzene rings is 3. The summed E-state index contributed by atoms with van der Waals surface area (Å²) in [5.41, 5.74) is 3.53. The van der Waals surface area contributed by atoms with E-state index in [9.17, 15) is 13.6 Å². The molecule has 44 heavy (non-hydrogen) atoms. The SMILES string of the molecule is Cn1ccnc1C1=Cc2cc(OCCCC3(C(=O)Cc4ccc(F)cc4)CCCC3)ccc2OC1CCc1ccc(F)cc1. The molecular weight excluding hydrogens is 558 g/mol. The number of halogens is 2. The Balaban J connectivity index is 1.10. The van der Waals surface area contributed by atoms with E-state index in [1.54, 1.807) is 18.3 Å². The number of nitrogens with zero attached hydrogens (tertiary/aromatic N) is 2. The molecule has 4 aromatic rings. The number of aryl methyl sites for hydroxylation is 2. The smallest absolute Gasteiger partial charge is 0.143 e. The lowest BCUT2D eigenvalue weighted by atomic mass is 9.75. The van der Waals surface area contributed by atoms with E-state index in [1.807, 2.05) is 48.1 Å². The lowest BCUT2D eigenvalue weighted by Gasteiger charge is -2.28. The Labute approximate surface area is 257 Å². The molecule has 0 bridgehead atoms. The summed E-state index contributed by atoms with van der Waals surface area (Å²) in [5, 5.41) is 0. The summed E-state index contributed by atoms with van der Waals surface area (Å²) >= 11 is 0. The van der Waals surface area contributed by atoms with Gasteiger partial charge in [-0.3, -0.25) is 4.79 Å². The largest absolute Gasteiger partial charge is 0.494 e. The first-order valence-electron chi connectivity index (χ1n) is 15.5. The predicted octanol–water partition coefficient (Wildman–Crippen LogP) is 8.16. The fourth-order valence-corrected chi connectivity index (χ4v) is 6.63. The predicted molar refractivity (Wildman–Crippen MR) is 167 cm³/mol. The number of ether oxygens (including phenoxy) is 2. The Bertz CT molecular complexity index is 1620. The van der Waals surface area contributed by atoms with Gasteiger partial charge in [0.05, 0.1) is 6.61 Å². The van der Waals surface area contributed by atoms with Crippen molar-refractivity contribution < 1.29 is 23.0 Å². The molecule has 1 aliphatic heterocycles. The Morgan fingerprint density at radius 2 is 1.70 bits per heavy atom. The van der Waals surface area contributed by atoms with Crippen molar-refractivity contribution in [2.24, 2.45) is 12.5 Å². The molecule has 1 unspecified atom stereocenters. The van der Waals surface area contributed by atoms with E-state index in [4.69, 9.17) is 9.47 Å². The number of carbonyl (C=O) groups is 1. The minimum absolute atomic E-state index is 0.199. The second kappa shape index (κ2) is 13.2. The van der Waals surface area contributed by atoms with Gasteiger partial charge >= 0.3 is 0 Å². The Kier molecular flexibility index (Phi) is 8.91.